The van der Waals surface area contributed by atoms with Crippen molar-refractivity contribution >= 4 is 11.7 Å². The van der Waals surface area contributed by atoms with Crippen molar-refractivity contribution in [2.24, 2.45) is 11.8 Å². The lowest BCUT2D eigenvalue weighted by atomic mass is 9.95. The van der Waals surface area contributed by atoms with Crippen LogP contribution in [0.4, 0.5) is 0 Å². The molecule has 76 valence electrons. The maximum absolute atomic E-state index is 11.4. The minimum Gasteiger partial charge on any atom is -0.299 e. The van der Waals surface area contributed by atoms with E-state index >= 15 is 0 Å². The van der Waals surface area contributed by atoms with Crippen molar-refractivity contribution in [2.75, 3.05) is 0 Å². The van der Waals surface area contributed by atoms with Crippen LogP contribution in [0.25, 0.3) is 0 Å². The largest absolute Gasteiger partial charge is 0.299 e. The van der Waals surface area contributed by atoms with Crippen molar-refractivity contribution in [3.05, 3.63) is 0 Å². The second-order valence-electron chi connectivity index (χ2n) is 3.07. The summed E-state index contributed by atoms with van der Waals surface area (Å²) in [6.07, 6.45) is 2.63. The predicted molar refractivity (Wildman–Crippen MR) is 50.6 cm³/mol. The number of ketones is 1. The highest BCUT2D eigenvalue weighted by Crippen LogP contribution is 2.10. The fourth-order valence-corrected chi connectivity index (χ4v) is 1.25. The number of rotatable bonds is 6. The Morgan fingerprint density at radius 2 is 1.92 bits per heavy atom. The molecule has 4 nitrogen and oxygen atoms in total. The minimum absolute atomic E-state index is 0.00713. The minimum atomic E-state index is -0.546. The van der Waals surface area contributed by atoms with Gasteiger partial charge in [-0.1, -0.05) is 20.3 Å². The molecule has 0 fully saturated rings. The van der Waals surface area contributed by atoms with Crippen LogP contribution in [0.2, 0.25) is 0 Å². The van der Waals surface area contributed by atoms with E-state index in [4.69, 9.17) is 5.84 Å². The van der Waals surface area contributed by atoms with Gasteiger partial charge in [0.2, 0.25) is 5.91 Å². The van der Waals surface area contributed by atoms with Crippen molar-refractivity contribution in [1.29, 1.82) is 0 Å². The molecule has 0 heterocycles. The van der Waals surface area contributed by atoms with Gasteiger partial charge in [0.15, 0.2) is 0 Å². The molecule has 0 aromatic heterocycles. The normalized spacial score (nSPS) is 12.2. The van der Waals surface area contributed by atoms with Gasteiger partial charge in [0.05, 0.1) is 5.92 Å². The molecule has 1 atom stereocenters. The third-order valence-electron chi connectivity index (χ3n) is 1.92. The summed E-state index contributed by atoms with van der Waals surface area (Å²) >= 11 is 0. The smallest absolute Gasteiger partial charge is 0.244 e. The molecule has 0 radical (unpaired) electrons. The summed E-state index contributed by atoms with van der Waals surface area (Å²) in [5, 5.41) is 0. The van der Waals surface area contributed by atoms with E-state index in [1.807, 2.05) is 19.3 Å². The van der Waals surface area contributed by atoms with Gasteiger partial charge in [0, 0.05) is 6.42 Å². The molecule has 1 unspecified atom stereocenters. The summed E-state index contributed by atoms with van der Waals surface area (Å²) in [7, 11) is 0. The molecular formula is C9H18N2O2. The summed E-state index contributed by atoms with van der Waals surface area (Å²) in [4.78, 5) is 22.6. The number of hydrazine groups is 1. The Hall–Kier alpha value is -0.900. The number of hydrogen-bond donors (Lipinski definition) is 2. The fraction of sp³-hybridized carbons (Fsp3) is 0.778. The second-order valence-corrected chi connectivity index (χ2v) is 3.07. The van der Waals surface area contributed by atoms with E-state index in [0.29, 0.717) is 12.8 Å². The number of nitrogens with one attached hydrogen (secondary N) is 1. The fourth-order valence-electron chi connectivity index (χ4n) is 1.25. The number of hydrogen-bond acceptors (Lipinski definition) is 3. The Labute approximate surface area is 78.8 Å². The van der Waals surface area contributed by atoms with Crippen LogP contribution in [0.3, 0.4) is 0 Å². The molecule has 0 bridgehead atoms. The summed E-state index contributed by atoms with van der Waals surface area (Å²) in [6.45, 7) is 3.86. The number of nitrogens with two attached hydrogens (primary N) is 1. The van der Waals surface area contributed by atoms with E-state index in [0.717, 1.165) is 12.8 Å². The highest BCUT2D eigenvalue weighted by Gasteiger charge is 2.23. The van der Waals surface area contributed by atoms with Gasteiger partial charge in [0.1, 0.15) is 5.78 Å². The van der Waals surface area contributed by atoms with Gasteiger partial charge in [-0.3, -0.25) is 15.0 Å². The Bertz CT molecular complexity index is 180. The third-order valence-corrected chi connectivity index (χ3v) is 1.92. The second kappa shape index (κ2) is 6.60. The van der Waals surface area contributed by atoms with Gasteiger partial charge in [-0.15, -0.1) is 0 Å². The van der Waals surface area contributed by atoms with Crippen LogP contribution in [0, 0.1) is 5.92 Å². The van der Waals surface area contributed by atoms with E-state index in [1.165, 1.54) is 0 Å². The zero-order valence-electron chi connectivity index (χ0n) is 8.30. The van der Waals surface area contributed by atoms with Crippen LogP contribution >= 0.6 is 0 Å². The Morgan fingerprint density at radius 3 is 2.31 bits per heavy atom. The molecule has 0 aromatic carbocycles. The van der Waals surface area contributed by atoms with E-state index in [-0.39, 0.29) is 11.7 Å². The highest BCUT2D eigenvalue weighted by molar-refractivity contribution is 6.01. The summed E-state index contributed by atoms with van der Waals surface area (Å²) in [5.74, 6) is 4.07. The highest BCUT2D eigenvalue weighted by atomic mass is 16.2. The standard InChI is InChI=1S/C9H18N2O2/c1-3-5-7(9(13)11-10)8(12)6-4-2/h7H,3-6,10H2,1-2H3,(H,11,13). The summed E-state index contributed by atoms with van der Waals surface area (Å²) < 4.78 is 0. The molecule has 0 saturated carbocycles. The zero-order valence-corrected chi connectivity index (χ0v) is 8.30. The van der Waals surface area contributed by atoms with Crippen molar-refractivity contribution < 1.29 is 9.59 Å². The molecule has 0 spiro atoms. The van der Waals surface area contributed by atoms with Crippen LogP contribution in [-0.2, 0) is 9.59 Å². The SMILES string of the molecule is CCCC(=O)C(CCC)C(=O)NN. The molecule has 0 rings (SSSR count). The number of carbonyl (C=O) groups is 2. The van der Waals surface area contributed by atoms with Gasteiger partial charge in [-0.25, -0.2) is 5.84 Å². The molecule has 13 heavy (non-hydrogen) atoms. The molecular weight excluding hydrogens is 168 g/mol. The first-order chi connectivity index (χ1) is 6.17. The lowest BCUT2D eigenvalue weighted by molar-refractivity contribution is -0.134. The molecule has 3 N–H and O–H groups in total. The lowest BCUT2D eigenvalue weighted by Crippen LogP contribution is -2.39. The van der Waals surface area contributed by atoms with E-state index in [2.05, 4.69) is 0 Å². The number of Topliss-reactive ketones (excluding diaryl/α,β-unsaturated/α-hetero) is 1. The first-order valence-electron chi connectivity index (χ1n) is 4.70. The van der Waals surface area contributed by atoms with Gasteiger partial charge in [-0.2, -0.15) is 0 Å². The Balaban J connectivity index is 4.22. The quantitative estimate of drug-likeness (QED) is 0.278. The van der Waals surface area contributed by atoms with E-state index < -0.39 is 5.92 Å². The average Bonchev–Trinajstić information content (AvgIpc) is 2.13. The maximum Gasteiger partial charge on any atom is 0.244 e. The van der Waals surface area contributed by atoms with Crippen LogP contribution in [-0.4, -0.2) is 11.7 Å². The van der Waals surface area contributed by atoms with E-state index in [9.17, 15) is 9.59 Å². The average molecular weight is 186 g/mol. The van der Waals surface area contributed by atoms with Crippen LogP contribution in [0.1, 0.15) is 39.5 Å². The first-order valence-corrected chi connectivity index (χ1v) is 4.70. The van der Waals surface area contributed by atoms with Crippen LogP contribution < -0.4 is 11.3 Å². The van der Waals surface area contributed by atoms with Crippen molar-refractivity contribution in [1.82, 2.24) is 5.43 Å². The Kier molecular flexibility index (Phi) is 6.14. The molecule has 0 aliphatic heterocycles. The molecule has 1 amide bonds. The summed E-state index contributed by atoms with van der Waals surface area (Å²) in [6, 6.07) is 0. The first kappa shape index (κ1) is 12.1. The van der Waals surface area contributed by atoms with Gasteiger partial charge in [0.25, 0.3) is 0 Å². The predicted octanol–water partition coefficient (Wildman–Crippen LogP) is 0.762. The molecule has 0 saturated heterocycles. The van der Waals surface area contributed by atoms with Crippen molar-refractivity contribution in [3.8, 4) is 0 Å². The Morgan fingerprint density at radius 1 is 1.31 bits per heavy atom. The molecule has 0 aliphatic rings. The maximum atomic E-state index is 11.4. The van der Waals surface area contributed by atoms with Gasteiger partial charge in [-0.05, 0) is 12.8 Å². The van der Waals surface area contributed by atoms with Crippen molar-refractivity contribution in [2.45, 2.75) is 39.5 Å². The number of carbonyl (C=O) groups excluding carboxylic acids is 2. The van der Waals surface area contributed by atoms with Crippen molar-refractivity contribution in [3.63, 3.8) is 0 Å². The lowest BCUT2D eigenvalue weighted by Gasteiger charge is -2.12. The zero-order chi connectivity index (χ0) is 10.3. The molecule has 0 aliphatic carbocycles. The van der Waals surface area contributed by atoms with E-state index in [1.54, 1.807) is 0 Å². The van der Waals surface area contributed by atoms with Gasteiger partial charge >= 0.3 is 0 Å². The monoisotopic (exact) mass is 186 g/mol. The topological polar surface area (TPSA) is 72.2 Å². The third kappa shape index (κ3) is 4.03. The van der Waals surface area contributed by atoms with Gasteiger partial charge < -0.3 is 0 Å². The van der Waals surface area contributed by atoms with Crippen LogP contribution in [0.5, 0.6) is 0 Å². The molecule has 0 aromatic rings. The van der Waals surface area contributed by atoms with Crippen LogP contribution in [0.15, 0.2) is 0 Å². The number of amides is 1. The molecule has 4 heteroatoms. The summed E-state index contributed by atoms with van der Waals surface area (Å²) in [5.41, 5.74) is 2.03.